The Kier molecular flexibility index (Phi) is 6.29. The third-order valence-electron chi connectivity index (χ3n) is 5.36. The first-order valence-electron chi connectivity index (χ1n) is 9.89. The number of aromatic nitrogens is 2. The fourth-order valence-corrected chi connectivity index (χ4v) is 3.99. The first-order valence-corrected chi connectivity index (χ1v) is 9.89. The number of piperidine rings is 1. The second kappa shape index (κ2) is 8.66. The summed E-state index contributed by atoms with van der Waals surface area (Å²) in [5, 5.41) is 10.4. The Hall–Kier alpha value is -1.89. The minimum atomic E-state index is -0.00479. The minimum absolute atomic E-state index is 0.00479. The Morgan fingerprint density at radius 2 is 1.88 bits per heavy atom. The van der Waals surface area contributed by atoms with E-state index < -0.39 is 0 Å². The van der Waals surface area contributed by atoms with Gasteiger partial charge in [-0.1, -0.05) is 12.8 Å². The Morgan fingerprint density at radius 1 is 1.19 bits per heavy atom. The van der Waals surface area contributed by atoms with Crippen LogP contribution in [0.2, 0.25) is 0 Å². The molecule has 2 amide bonds. The maximum atomic E-state index is 12.4. The highest BCUT2D eigenvalue weighted by molar-refractivity contribution is 5.91. The lowest BCUT2D eigenvalue weighted by atomic mass is 9.95. The second-order valence-electron chi connectivity index (χ2n) is 7.86. The average Bonchev–Trinajstić information content (AvgIpc) is 3.25. The number of anilines is 1. The first kappa shape index (κ1) is 18.9. The third-order valence-corrected chi connectivity index (χ3v) is 5.36. The van der Waals surface area contributed by atoms with E-state index in [9.17, 15) is 9.59 Å². The molecule has 144 valence electrons. The molecule has 7 heteroatoms. The van der Waals surface area contributed by atoms with Gasteiger partial charge in [-0.05, 0) is 52.6 Å². The van der Waals surface area contributed by atoms with E-state index in [0.29, 0.717) is 12.6 Å². The van der Waals surface area contributed by atoms with Crippen molar-refractivity contribution in [2.75, 3.05) is 25.0 Å². The molecule has 2 fully saturated rings. The van der Waals surface area contributed by atoms with Gasteiger partial charge in [0.25, 0.3) is 0 Å². The molecule has 1 aliphatic heterocycles. The predicted octanol–water partition coefficient (Wildman–Crippen LogP) is 2.17. The quantitative estimate of drug-likeness (QED) is 0.814. The van der Waals surface area contributed by atoms with Gasteiger partial charge in [0.2, 0.25) is 11.8 Å². The fraction of sp³-hybridized carbons (Fsp3) is 0.737. The number of carbonyl (C=O) groups is 2. The summed E-state index contributed by atoms with van der Waals surface area (Å²) in [6.45, 7) is 5.90. The maximum Gasteiger partial charge on any atom is 0.239 e. The van der Waals surface area contributed by atoms with Crippen LogP contribution in [-0.2, 0) is 9.59 Å². The molecule has 0 aromatic carbocycles. The molecule has 1 aromatic heterocycles. The Balaban J connectivity index is 1.45. The van der Waals surface area contributed by atoms with E-state index in [1.165, 1.54) is 12.8 Å². The van der Waals surface area contributed by atoms with Gasteiger partial charge in [-0.2, -0.15) is 5.10 Å². The summed E-state index contributed by atoms with van der Waals surface area (Å²) in [6, 6.07) is 2.46. The number of nitrogens with one attached hydrogen (secondary N) is 2. The van der Waals surface area contributed by atoms with Crippen molar-refractivity contribution in [1.29, 1.82) is 0 Å². The Bertz CT molecular complexity index is 613. The van der Waals surface area contributed by atoms with Crippen molar-refractivity contribution in [3.63, 3.8) is 0 Å². The van der Waals surface area contributed by atoms with E-state index in [1.807, 2.05) is 24.6 Å². The molecule has 7 nitrogen and oxygen atoms in total. The highest BCUT2D eigenvalue weighted by Crippen LogP contribution is 2.31. The van der Waals surface area contributed by atoms with Gasteiger partial charge in [-0.25, -0.2) is 4.68 Å². The van der Waals surface area contributed by atoms with Gasteiger partial charge in [-0.3, -0.25) is 14.5 Å². The summed E-state index contributed by atoms with van der Waals surface area (Å²) in [5.74, 6) is 1.01. The largest absolute Gasteiger partial charge is 0.354 e. The van der Waals surface area contributed by atoms with Crippen molar-refractivity contribution in [2.24, 2.45) is 5.92 Å². The molecule has 0 unspecified atom stereocenters. The van der Waals surface area contributed by atoms with Gasteiger partial charge in [0, 0.05) is 18.0 Å². The number of rotatable bonds is 6. The SMILES string of the molecule is CC(C)NC(=O)C1CCN(CC(=O)Nc2ccnn2C2CCCC2)CC1. The van der Waals surface area contributed by atoms with Crippen LogP contribution in [0.5, 0.6) is 0 Å². The number of nitrogens with zero attached hydrogens (tertiary/aromatic N) is 3. The summed E-state index contributed by atoms with van der Waals surface area (Å²) < 4.78 is 1.97. The van der Waals surface area contributed by atoms with Gasteiger partial charge in [-0.15, -0.1) is 0 Å². The van der Waals surface area contributed by atoms with Gasteiger partial charge in [0.1, 0.15) is 5.82 Å². The van der Waals surface area contributed by atoms with Crippen LogP contribution >= 0.6 is 0 Å². The molecule has 1 aromatic rings. The summed E-state index contributed by atoms with van der Waals surface area (Å²) >= 11 is 0. The molecular formula is C19H31N5O2. The smallest absolute Gasteiger partial charge is 0.239 e. The molecule has 1 saturated heterocycles. The van der Waals surface area contributed by atoms with E-state index in [2.05, 4.69) is 20.6 Å². The van der Waals surface area contributed by atoms with E-state index in [0.717, 1.165) is 44.6 Å². The van der Waals surface area contributed by atoms with Crippen LogP contribution in [0.4, 0.5) is 5.82 Å². The van der Waals surface area contributed by atoms with Crippen molar-refractivity contribution in [2.45, 2.75) is 64.5 Å². The molecular weight excluding hydrogens is 330 g/mol. The van der Waals surface area contributed by atoms with Crippen LogP contribution in [-0.4, -0.2) is 52.2 Å². The summed E-state index contributed by atoms with van der Waals surface area (Å²) in [4.78, 5) is 26.7. The monoisotopic (exact) mass is 361 g/mol. The van der Waals surface area contributed by atoms with Crippen LogP contribution in [0.25, 0.3) is 0 Å². The van der Waals surface area contributed by atoms with Gasteiger partial charge < -0.3 is 10.6 Å². The minimum Gasteiger partial charge on any atom is -0.354 e. The van der Waals surface area contributed by atoms with Crippen molar-refractivity contribution in [3.05, 3.63) is 12.3 Å². The molecule has 0 radical (unpaired) electrons. The van der Waals surface area contributed by atoms with Crippen molar-refractivity contribution >= 4 is 17.6 Å². The Morgan fingerprint density at radius 3 is 2.54 bits per heavy atom. The molecule has 2 N–H and O–H groups in total. The number of amides is 2. The normalized spacial score (nSPS) is 19.8. The lowest BCUT2D eigenvalue weighted by molar-refractivity contribution is -0.127. The van der Waals surface area contributed by atoms with Gasteiger partial charge in [0.15, 0.2) is 0 Å². The van der Waals surface area contributed by atoms with Crippen molar-refractivity contribution in [1.82, 2.24) is 20.0 Å². The lowest BCUT2D eigenvalue weighted by Gasteiger charge is -2.31. The van der Waals surface area contributed by atoms with Crippen molar-refractivity contribution in [3.8, 4) is 0 Å². The molecule has 1 aliphatic carbocycles. The van der Waals surface area contributed by atoms with Crippen LogP contribution in [0.1, 0.15) is 58.4 Å². The highest BCUT2D eigenvalue weighted by atomic mass is 16.2. The molecule has 0 bridgehead atoms. The topological polar surface area (TPSA) is 79.3 Å². The number of carbonyl (C=O) groups excluding carboxylic acids is 2. The van der Waals surface area contributed by atoms with Crippen LogP contribution < -0.4 is 10.6 Å². The average molecular weight is 361 g/mol. The van der Waals surface area contributed by atoms with Crippen LogP contribution in [0, 0.1) is 5.92 Å². The number of likely N-dealkylation sites (tertiary alicyclic amines) is 1. The zero-order chi connectivity index (χ0) is 18.5. The van der Waals surface area contributed by atoms with Crippen molar-refractivity contribution < 1.29 is 9.59 Å². The first-order chi connectivity index (χ1) is 12.5. The summed E-state index contributed by atoms with van der Waals surface area (Å²) in [5.41, 5.74) is 0. The van der Waals surface area contributed by atoms with Gasteiger partial charge >= 0.3 is 0 Å². The molecule has 3 rings (SSSR count). The second-order valence-corrected chi connectivity index (χ2v) is 7.86. The molecule has 0 atom stereocenters. The Labute approximate surface area is 155 Å². The molecule has 2 aliphatic rings. The maximum absolute atomic E-state index is 12.4. The number of hydrogen-bond donors (Lipinski definition) is 2. The van der Waals surface area contributed by atoms with Crippen LogP contribution in [0.15, 0.2) is 12.3 Å². The van der Waals surface area contributed by atoms with E-state index in [-0.39, 0.29) is 23.8 Å². The zero-order valence-corrected chi connectivity index (χ0v) is 15.9. The highest BCUT2D eigenvalue weighted by Gasteiger charge is 2.26. The molecule has 26 heavy (non-hydrogen) atoms. The zero-order valence-electron chi connectivity index (χ0n) is 15.9. The third kappa shape index (κ3) is 4.84. The van der Waals surface area contributed by atoms with Gasteiger partial charge in [0.05, 0.1) is 18.8 Å². The fourth-order valence-electron chi connectivity index (χ4n) is 3.99. The molecule has 0 spiro atoms. The van der Waals surface area contributed by atoms with E-state index in [4.69, 9.17) is 0 Å². The number of hydrogen-bond acceptors (Lipinski definition) is 4. The summed E-state index contributed by atoms with van der Waals surface area (Å²) in [6.07, 6.45) is 8.12. The van der Waals surface area contributed by atoms with E-state index in [1.54, 1.807) is 6.20 Å². The standard InChI is InChI=1S/C19H31N5O2/c1-14(2)21-19(26)15-8-11-23(12-9-15)13-18(25)22-17-7-10-20-24(17)16-5-3-4-6-16/h7,10,14-16H,3-6,8-9,11-13H2,1-2H3,(H,21,26)(H,22,25). The van der Waals surface area contributed by atoms with Crippen LogP contribution in [0.3, 0.4) is 0 Å². The summed E-state index contributed by atoms with van der Waals surface area (Å²) in [7, 11) is 0. The lowest BCUT2D eigenvalue weighted by Crippen LogP contribution is -2.44. The predicted molar refractivity (Wildman–Crippen MR) is 101 cm³/mol. The van der Waals surface area contributed by atoms with E-state index >= 15 is 0 Å². The molecule has 2 heterocycles. The molecule has 1 saturated carbocycles.